The number of fused-ring (bicyclic) bond motifs is 1. The van der Waals surface area contributed by atoms with Gasteiger partial charge in [-0.25, -0.2) is 4.98 Å². The lowest BCUT2D eigenvalue weighted by molar-refractivity contribution is 0.102. The molecular weight excluding hydrogens is 410 g/mol. The standard InChI is InChI=1S/C23H23N5O2S/c1-4-7-18-15(2)26-23-24-14-25-28(23)22(18)31-17-12-10-16(11-13-17)27-21(29)19-8-5-6-9-20(19)30-3/h5-6,8-14H,4,7H2,1-3H3,(H,27,29). The zero-order valence-electron chi connectivity index (χ0n) is 17.6. The second-order valence-corrected chi connectivity index (χ2v) is 8.05. The summed E-state index contributed by atoms with van der Waals surface area (Å²) >= 11 is 1.62. The summed E-state index contributed by atoms with van der Waals surface area (Å²) in [4.78, 5) is 22.5. The van der Waals surface area contributed by atoms with E-state index in [1.807, 2.05) is 43.3 Å². The highest BCUT2D eigenvalue weighted by atomic mass is 32.2. The van der Waals surface area contributed by atoms with E-state index in [1.165, 1.54) is 11.9 Å². The van der Waals surface area contributed by atoms with Gasteiger partial charge in [-0.3, -0.25) is 4.79 Å². The van der Waals surface area contributed by atoms with Crippen molar-refractivity contribution in [1.82, 2.24) is 19.6 Å². The smallest absolute Gasteiger partial charge is 0.259 e. The second-order valence-electron chi connectivity index (χ2n) is 6.98. The number of ether oxygens (including phenoxy) is 1. The minimum Gasteiger partial charge on any atom is -0.496 e. The Balaban J connectivity index is 1.56. The van der Waals surface area contributed by atoms with E-state index in [2.05, 4.69) is 27.3 Å². The van der Waals surface area contributed by atoms with Gasteiger partial charge in [0.15, 0.2) is 0 Å². The topological polar surface area (TPSA) is 81.4 Å². The average Bonchev–Trinajstić information content (AvgIpc) is 3.25. The van der Waals surface area contributed by atoms with Crippen LogP contribution in [-0.4, -0.2) is 32.6 Å². The van der Waals surface area contributed by atoms with Gasteiger partial charge >= 0.3 is 0 Å². The Morgan fingerprint density at radius 1 is 1.16 bits per heavy atom. The molecule has 0 saturated carbocycles. The lowest BCUT2D eigenvalue weighted by Gasteiger charge is -2.13. The zero-order valence-corrected chi connectivity index (χ0v) is 18.4. The van der Waals surface area contributed by atoms with Gasteiger partial charge in [0.05, 0.1) is 12.7 Å². The van der Waals surface area contributed by atoms with Crippen LogP contribution in [-0.2, 0) is 6.42 Å². The van der Waals surface area contributed by atoms with E-state index < -0.39 is 0 Å². The van der Waals surface area contributed by atoms with Crippen LogP contribution in [0.2, 0.25) is 0 Å². The van der Waals surface area contributed by atoms with Crippen molar-refractivity contribution in [3.05, 3.63) is 71.7 Å². The van der Waals surface area contributed by atoms with E-state index in [0.29, 0.717) is 22.8 Å². The number of hydrogen-bond acceptors (Lipinski definition) is 6. The van der Waals surface area contributed by atoms with Crippen LogP contribution in [0.1, 0.15) is 35.0 Å². The van der Waals surface area contributed by atoms with Crippen molar-refractivity contribution < 1.29 is 9.53 Å². The van der Waals surface area contributed by atoms with Crippen molar-refractivity contribution in [2.24, 2.45) is 0 Å². The minimum absolute atomic E-state index is 0.211. The van der Waals surface area contributed by atoms with Gasteiger partial charge in [0.25, 0.3) is 11.7 Å². The quantitative estimate of drug-likeness (QED) is 0.422. The molecule has 0 spiro atoms. The predicted molar refractivity (Wildman–Crippen MR) is 121 cm³/mol. The summed E-state index contributed by atoms with van der Waals surface area (Å²) in [7, 11) is 1.55. The number of aromatic nitrogens is 4. The van der Waals surface area contributed by atoms with Crippen molar-refractivity contribution in [2.45, 2.75) is 36.6 Å². The van der Waals surface area contributed by atoms with Gasteiger partial charge in [-0.15, -0.1) is 0 Å². The fourth-order valence-corrected chi connectivity index (χ4v) is 4.43. The molecule has 0 aliphatic carbocycles. The lowest BCUT2D eigenvalue weighted by atomic mass is 10.1. The van der Waals surface area contributed by atoms with E-state index in [4.69, 9.17) is 4.74 Å². The van der Waals surface area contributed by atoms with Crippen LogP contribution in [0.15, 0.2) is 64.8 Å². The third-order valence-electron chi connectivity index (χ3n) is 4.86. The number of benzene rings is 2. The molecule has 8 heteroatoms. The molecule has 2 aromatic heterocycles. The number of rotatable bonds is 7. The van der Waals surface area contributed by atoms with E-state index in [1.54, 1.807) is 35.5 Å². The first-order valence-electron chi connectivity index (χ1n) is 10.0. The van der Waals surface area contributed by atoms with Gasteiger partial charge in [0.1, 0.15) is 17.1 Å². The molecule has 4 rings (SSSR count). The summed E-state index contributed by atoms with van der Waals surface area (Å²) in [6, 6.07) is 14.9. The number of nitrogens with one attached hydrogen (secondary N) is 1. The van der Waals surface area contributed by atoms with Crippen LogP contribution in [0.4, 0.5) is 5.69 Å². The third kappa shape index (κ3) is 4.39. The van der Waals surface area contributed by atoms with Gasteiger partial charge in [-0.1, -0.05) is 37.2 Å². The summed E-state index contributed by atoms with van der Waals surface area (Å²) in [5, 5.41) is 8.30. The first kappa shape index (κ1) is 20.9. The minimum atomic E-state index is -0.211. The largest absolute Gasteiger partial charge is 0.496 e. The van der Waals surface area contributed by atoms with Gasteiger partial charge in [-0.05, 0) is 49.7 Å². The van der Waals surface area contributed by atoms with E-state index >= 15 is 0 Å². The molecule has 1 amide bonds. The molecule has 0 saturated heterocycles. The maximum absolute atomic E-state index is 12.6. The molecule has 0 unspecified atom stereocenters. The van der Waals surface area contributed by atoms with E-state index in [-0.39, 0.29) is 5.91 Å². The molecule has 2 aromatic carbocycles. The monoisotopic (exact) mass is 433 g/mol. The average molecular weight is 434 g/mol. The number of anilines is 1. The van der Waals surface area contributed by atoms with Gasteiger partial charge in [-0.2, -0.15) is 14.6 Å². The van der Waals surface area contributed by atoms with Gasteiger partial charge < -0.3 is 10.1 Å². The fourth-order valence-electron chi connectivity index (χ4n) is 3.35. The highest BCUT2D eigenvalue weighted by Gasteiger charge is 2.16. The first-order chi connectivity index (χ1) is 15.1. The first-order valence-corrected chi connectivity index (χ1v) is 10.8. The molecule has 0 atom stereocenters. The predicted octanol–water partition coefficient (Wildman–Crippen LogP) is 4.80. The Hall–Kier alpha value is -3.39. The number of hydrogen-bond donors (Lipinski definition) is 1. The molecule has 0 radical (unpaired) electrons. The van der Waals surface area contributed by atoms with Crippen LogP contribution in [0.25, 0.3) is 5.78 Å². The SMILES string of the molecule is CCCc1c(C)nc2ncnn2c1Sc1ccc(NC(=O)c2ccccc2OC)cc1. The van der Waals surface area contributed by atoms with Crippen LogP contribution in [0, 0.1) is 6.92 Å². The molecule has 7 nitrogen and oxygen atoms in total. The van der Waals surface area contributed by atoms with E-state index in [0.717, 1.165) is 28.5 Å². The Labute approximate surface area is 184 Å². The van der Waals surface area contributed by atoms with Crippen LogP contribution < -0.4 is 10.1 Å². The van der Waals surface area contributed by atoms with Gasteiger partial charge in [0.2, 0.25) is 0 Å². The van der Waals surface area contributed by atoms with Gasteiger partial charge in [0, 0.05) is 21.8 Å². The molecule has 0 bridgehead atoms. The highest BCUT2D eigenvalue weighted by molar-refractivity contribution is 7.99. The summed E-state index contributed by atoms with van der Waals surface area (Å²) in [6.45, 7) is 4.17. The van der Waals surface area contributed by atoms with E-state index in [9.17, 15) is 4.79 Å². The Kier molecular flexibility index (Phi) is 6.18. The molecule has 1 N–H and O–H groups in total. The molecule has 0 aliphatic rings. The third-order valence-corrected chi connectivity index (χ3v) is 5.98. The van der Waals surface area contributed by atoms with Crippen molar-refractivity contribution in [3.63, 3.8) is 0 Å². The molecule has 4 aromatic rings. The normalized spacial score (nSPS) is 10.9. The van der Waals surface area contributed by atoms with Crippen molar-refractivity contribution >= 4 is 29.1 Å². The Bertz CT molecular complexity index is 1220. The molecule has 0 aliphatic heterocycles. The van der Waals surface area contributed by atoms with Crippen LogP contribution in [0.5, 0.6) is 5.75 Å². The number of carbonyl (C=O) groups is 1. The number of carbonyl (C=O) groups excluding carboxylic acids is 1. The Morgan fingerprint density at radius 2 is 1.94 bits per heavy atom. The number of nitrogens with zero attached hydrogens (tertiary/aromatic N) is 4. The highest BCUT2D eigenvalue weighted by Crippen LogP contribution is 2.33. The second kappa shape index (κ2) is 9.18. The Morgan fingerprint density at radius 3 is 2.68 bits per heavy atom. The summed E-state index contributed by atoms with van der Waals surface area (Å²) in [5.74, 6) is 0.929. The molecule has 158 valence electrons. The number of methoxy groups -OCH3 is 1. The molecule has 0 fully saturated rings. The molecule has 2 heterocycles. The lowest BCUT2D eigenvalue weighted by Crippen LogP contribution is -2.13. The van der Waals surface area contributed by atoms with Crippen molar-refractivity contribution in [3.8, 4) is 5.75 Å². The molecule has 31 heavy (non-hydrogen) atoms. The van der Waals surface area contributed by atoms with Crippen molar-refractivity contribution in [2.75, 3.05) is 12.4 Å². The summed E-state index contributed by atoms with van der Waals surface area (Å²) < 4.78 is 7.07. The van der Waals surface area contributed by atoms with Crippen molar-refractivity contribution in [1.29, 1.82) is 0 Å². The van der Waals surface area contributed by atoms with Crippen LogP contribution in [0.3, 0.4) is 0 Å². The number of para-hydroxylation sites is 1. The summed E-state index contributed by atoms with van der Waals surface area (Å²) in [6.07, 6.45) is 3.46. The maximum atomic E-state index is 12.6. The fraction of sp³-hybridized carbons (Fsp3) is 0.217. The van der Waals surface area contributed by atoms with Crippen LogP contribution >= 0.6 is 11.8 Å². The number of amides is 1. The number of aryl methyl sites for hydroxylation is 1. The molecular formula is C23H23N5O2S. The maximum Gasteiger partial charge on any atom is 0.259 e. The summed E-state index contributed by atoms with van der Waals surface area (Å²) in [5.41, 5.74) is 3.36. The zero-order chi connectivity index (χ0) is 21.8.